The molecule has 15 heavy (non-hydrogen) atoms. The van der Waals surface area contributed by atoms with Gasteiger partial charge in [-0.3, -0.25) is 0 Å². The summed E-state index contributed by atoms with van der Waals surface area (Å²) in [7, 11) is 12.1. The second kappa shape index (κ2) is 4.25. The molecule has 0 fully saturated rings. The Morgan fingerprint density at radius 3 is 2.13 bits per heavy atom. The number of nitrogens with two attached hydrogens (primary N) is 1. The van der Waals surface area contributed by atoms with Crippen molar-refractivity contribution in [3.8, 4) is 0 Å². The zero-order chi connectivity index (χ0) is 11.9. The average molecular weight is 348 g/mol. The van der Waals surface area contributed by atoms with Gasteiger partial charge in [-0.15, -0.1) is 0 Å². The summed E-state index contributed by atoms with van der Waals surface area (Å²) in [5, 5.41) is 0.501. The zero-order valence-electron chi connectivity index (χ0n) is 7.02. The molecular weight excluding hydrogens is 343 g/mol. The van der Waals surface area contributed by atoms with Crippen LogP contribution in [0, 0.1) is 0 Å². The maximum atomic E-state index is 11.7. The third kappa shape index (κ3) is 3.66. The van der Waals surface area contributed by atoms with Crippen LogP contribution in [0.5, 0.6) is 0 Å². The molecule has 0 aliphatic heterocycles. The molecule has 0 radical (unpaired) electrons. The molecule has 2 nitrogen and oxygen atoms in total. The summed E-state index contributed by atoms with van der Waals surface area (Å²) in [6.07, 6.45) is 0. The second-order valence-corrected chi connectivity index (χ2v) is 16.5. The SMILES string of the molecule is [NH2][Cr]([Cl])([Cl])([Cl])[C](=O)c1ccc(Cl)cc1Cl. The molecule has 0 saturated heterocycles. The summed E-state index contributed by atoms with van der Waals surface area (Å²) in [5.41, 5.74) is 0.0727. The Morgan fingerprint density at radius 2 is 1.73 bits per heavy atom. The van der Waals surface area contributed by atoms with Crippen LogP contribution in [0.4, 0.5) is 0 Å². The van der Waals surface area contributed by atoms with Crippen LogP contribution in [-0.4, -0.2) is 4.65 Å². The molecule has 0 heterocycles. The molecule has 0 atom stereocenters. The van der Waals surface area contributed by atoms with Crippen molar-refractivity contribution in [3.63, 3.8) is 0 Å². The van der Waals surface area contributed by atoms with Crippen molar-refractivity contribution in [2.24, 2.45) is 4.72 Å². The van der Waals surface area contributed by atoms with Crippen LogP contribution in [0.1, 0.15) is 10.4 Å². The van der Waals surface area contributed by atoms with Gasteiger partial charge >= 0.3 is 111 Å². The molecule has 1 aromatic carbocycles. The summed E-state index contributed by atoms with van der Waals surface area (Å²) in [6.45, 7) is 0. The van der Waals surface area contributed by atoms with E-state index in [1.54, 1.807) is 0 Å². The fraction of sp³-hybridized carbons (Fsp3) is 0. The van der Waals surface area contributed by atoms with Gasteiger partial charge in [-0.05, 0) is 0 Å². The van der Waals surface area contributed by atoms with Crippen molar-refractivity contribution < 1.29 is 14.3 Å². The van der Waals surface area contributed by atoms with Crippen molar-refractivity contribution in [1.82, 2.24) is 0 Å². The molecule has 0 unspecified atom stereocenters. The van der Waals surface area contributed by atoms with E-state index in [1.165, 1.54) is 18.2 Å². The molecule has 0 spiro atoms. The van der Waals surface area contributed by atoms with Crippen molar-refractivity contribution in [2.75, 3.05) is 0 Å². The van der Waals surface area contributed by atoms with E-state index in [9.17, 15) is 4.79 Å². The summed E-state index contributed by atoms with van der Waals surface area (Å²) in [4.78, 5) is 11.7. The molecule has 8 heteroatoms. The van der Waals surface area contributed by atoms with Crippen LogP contribution in [0.25, 0.3) is 0 Å². The molecule has 1 aromatic rings. The normalized spacial score (nSPS) is 14.4. The monoisotopic (exact) mass is 346 g/mol. The predicted molar refractivity (Wildman–Crippen MR) is 62.5 cm³/mol. The third-order valence-electron chi connectivity index (χ3n) is 1.47. The number of rotatable bonds is 2. The molecule has 0 aromatic heterocycles. The van der Waals surface area contributed by atoms with Crippen LogP contribution >= 0.6 is 53.3 Å². The third-order valence-corrected chi connectivity index (χ3v) is 5.08. The van der Waals surface area contributed by atoms with E-state index in [4.69, 9.17) is 58.1 Å². The number of hydrogen-bond donors (Lipinski definition) is 1. The molecule has 0 saturated carbocycles. The van der Waals surface area contributed by atoms with E-state index in [1.807, 2.05) is 0 Å². The van der Waals surface area contributed by atoms with Crippen LogP contribution in [0.3, 0.4) is 0 Å². The van der Waals surface area contributed by atoms with Gasteiger partial charge in [0.2, 0.25) is 0 Å². The Bertz CT molecular complexity index is 418. The topological polar surface area (TPSA) is 43.1 Å². The standard InChI is InChI=1S/C7H3Cl2O.3ClH.Cr.H2N/c8-6-2-1-5(4-10)7(9)3-6;;;;;/h1-3H;3*1H;;1H2/q;;;;+4;-1/p-3. The van der Waals surface area contributed by atoms with Crippen molar-refractivity contribution in [1.29, 1.82) is 0 Å². The Morgan fingerprint density at radius 1 is 1.20 bits per heavy atom. The molecule has 0 bridgehead atoms. The minimum absolute atomic E-state index is 0.0727. The van der Waals surface area contributed by atoms with Crippen molar-refractivity contribution in [3.05, 3.63) is 33.8 Å². The summed E-state index contributed by atoms with van der Waals surface area (Å²) in [6, 6.07) is 4.23. The number of halogens is 5. The molecular formula is C7H5Cl5CrNO. The first-order chi connectivity index (χ1) is 6.58. The first-order valence-electron chi connectivity index (χ1n) is 3.47. The van der Waals surface area contributed by atoms with Gasteiger partial charge in [0.1, 0.15) is 0 Å². The molecule has 1 rings (SSSR count). The summed E-state index contributed by atoms with van der Waals surface area (Å²) >= 11 is 11.4. The van der Waals surface area contributed by atoms with Gasteiger partial charge in [0.25, 0.3) is 0 Å². The quantitative estimate of drug-likeness (QED) is 0.872. The van der Waals surface area contributed by atoms with Crippen molar-refractivity contribution in [2.45, 2.75) is 0 Å². The van der Waals surface area contributed by atoms with Gasteiger partial charge in [-0.1, -0.05) is 0 Å². The fourth-order valence-corrected chi connectivity index (χ4v) is 3.32. The first kappa shape index (κ1) is 13.9. The first-order valence-corrected chi connectivity index (χ1v) is 10.9. The van der Waals surface area contributed by atoms with Crippen LogP contribution in [-0.2, 0) is 9.46 Å². The number of carbonyl (C=O) groups is 1. The minimum atomic E-state index is -4.76. The molecule has 0 amide bonds. The zero-order valence-corrected chi connectivity index (χ0v) is 12.1. The van der Waals surface area contributed by atoms with E-state index in [2.05, 4.69) is 0 Å². The second-order valence-electron chi connectivity index (χ2n) is 2.70. The summed E-state index contributed by atoms with van der Waals surface area (Å²) < 4.78 is 4.63. The molecule has 0 aliphatic carbocycles. The van der Waals surface area contributed by atoms with E-state index in [0.717, 1.165) is 0 Å². The van der Waals surface area contributed by atoms with E-state index < -0.39 is 14.1 Å². The van der Waals surface area contributed by atoms with E-state index in [0.29, 0.717) is 5.02 Å². The van der Waals surface area contributed by atoms with E-state index in [-0.39, 0.29) is 10.6 Å². The Hall–Kier alpha value is 0.832. The van der Waals surface area contributed by atoms with Gasteiger partial charge in [0.15, 0.2) is 0 Å². The predicted octanol–water partition coefficient (Wildman–Crippen LogP) is 4.16. The molecule has 2 N–H and O–H groups in total. The Balaban J connectivity index is 3.25. The van der Waals surface area contributed by atoms with Gasteiger partial charge in [0, 0.05) is 0 Å². The van der Waals surface area contributed by atoms with Gasteiger partial charge in [0.05, 0.1) is 0 Å². The van der Waals surface area contributed by atoms with Gasteiger partial charge < -0.3 is 0 Å². The van der Waals surface area contributed by atoms with E-state index >= 15 is 0 Å². The Kier molecular flexibility index (Phi) is 3.94. The number of benzene rings is 1. The maximum absolute atomic E-state index is 11.7. The fourth-order valence-electron chi connectivity index (χ4n) is 0.843. The molecule has 0 aliphatic rings. The Labute approximate surface area is 110 Å². The number of hydrogen-bond acceptors (Lipinski definition) is 2. The number of carbonyl (C=O) groups excluding carboxylic acids is 1. The van der Waals surface area contributed by atoms with Crippen LogP contribution in [0.15, 0.2) is 18.2 Å². The van der Waals surface area contributed by atoms with Crippen LogP contribution < -0.4 is 4.72 Å². The van der Waals surface area contributed by atoms with Crippen molar-refractivity contribution >= 4 is 58.0 Å². The average Bonchev–Trinajstić information content (AvgIpc) is 2.00. The summed E-state index contributed by atoms with van der Waals surface area (Å²) in [5.74, 6) is 0. The molecule has 85 valence electrons. The van der Waals surface area contributed by atoms with Crippen LogP contribution in [0.2, 0.25) is 10.0 Å². The van der Waals surface area contributed by atoms with Gasteiger partial charge in [-0.2, -0.15) is 0 Å². The van der Waals surface area contributed by atoms with Gasteiger partial charge in [-0.25, -0.2) is 0 Å².